The predicted molar refractivity (Wildman–Crippen MR) is 76.4 cm³/mol. The Morgan fingerprint density at radius 3 is 3.00 bits per heavy atom. The highest BCUT2D eigenvalue weighted by molar-refractivity contribution is 7.09. The van der Waals surface area contributed by atoms with Gasteiger partial charge in [-0.15, -0.1) is 11.3 Å². The van der Waals surface area contributed by atoms with E-state index in [9.17, 15) is 0 Å². The van der Waals surface area contributed by atoms with E-state index in [4.69, 9.17) is 5.84 Å². The topological polar surface area (TPSA) is 50.9 Å². The fraction of sp³-hybridized carbons (Fsp3) is 0.357. The summed E-state index contributed by atoms with van der Waals surface area (Å²) in [5.41, 5.74) is 7.46. The summed E-state index contributed by atoms with van der Waals surface area (Å²) >= 11 is 1.68. The number of nitrogens with one attached hydrogen (secondary N) is 1. The Labute approximate surface area is 112 Å². The van der Waals surface area contributed by atoms with Gasteiger partial charge in [0.05, 0.1) is 5.51 Å². The number of rotatable bonds is 6. The van der Waals surface area contributed by atoms with Crippen LogP contribution in [0.3, 0.4) is 0 Å². The second-order valence-corrected chi connectivity index (χ2v) is 5.53. The van der Waals surface area contributed by atoms with Crippen LogP contribution in [0.2, 0.25) is 0 Å². The quantitative estimate of drug-likeness (QED) is 0.620. The zero-order valence-corrected chi connectivity index (χ0v) is 11.4. The minimum atomic E-state index is 0.311. The molecule has 1 atom stereocenters. The summed E-state index contributed by atoms with van der Waals surface area (Å²) < 4.78 is 0. The molecule has 0 aliphatic carbocycles. The van der Waals surface area contributed by atoms with Crippen molar-refractivity contribution in [2.24, 2.45) is 5.84 Å². The zero-order valence-electron chi connectivity index (χ0n) is 10.6. The molecular weight excluding hydrogens is 242 g/mol. The molecule has 0 aliphatic rings. The van der Waals surface area contributed by atoms with E-state index in [0.717, 1.165) is 19.3 Å². The predicted octanol–water partition coefficient (Wildman–Crippen LogP) is 2.46. The van der Waals surface area contributed by atoms with Gasteiger partial charge >= 0.3 is 0 Å². The zero-order chi connectivity index (χ0) is 12.8. The van der Waals surface area contributed by atoms with Gasteiger partial charge in [-0.25, -0.2) is 0 Å². The first-order chi connectivity index (χ1) is 8.78. The molecule has 1 aromatic carbocycles. The van der Waals surface area contributed by atoms with E-state index in [1.165, 1.54) is 16.0 Å². The minimum Gasteiger partial charge on any atom is -0.271 e. The van der Waals surface area contributed by atoms with E-state index in [0.29, 0.717) is 6.04 Å². The third kappa shape index (κ3) is 3.91. The summed E-state index contributed by atoms with van der Waals surface area (Å²) in [6.07, 6.45) is 4.96. The molecule has 0 amide bonds. The summed E-state index contributed by atoms with van der Waals surface area (Å²) in [5.74, 6) is 5.62. The van der Waals surface area contributed by atoms with Crippen molar-refractivity contribution < 1.29 is 0 Å². The standard InChI is InChI=1S/C14H19N3S/c1-11-3-2-4-12(7-11)5-6-13(17-15)8-14-9-16-10-18-14/h2-4,7,9-10,13,17H,5-6,8,15H2,1H3. The number of hydrogen-bond donors (Lipinski definition) is 2. The molecule has 3 N–H and O–H groups in total. The Balaban J connectivity index is 1.87. The SMILES string of the molecule is Cc1cccc(CCC(Cc2cncs2)NN)c1. The van der Waals surface area contributed by atoms with Crippen LogP contribution in [0.1, 0.15) is 22.4 Å². The van der Waals surface area contributed by atoms with E-state index >= 15 is 0 Å². The van der Waals surface area contributed by atoms with Crippen molar-refractivity contribution in [3.63, 3.8) is 0 Å². The average molecular weight is 261 g/mol. The van der Waals surface area contributed by atoms with Crippen molar-refractivity contribution in [1.29, 1.82) is 0 Å². The Morgan fingerprint density at radius 2 is 2.33 bits per heavy atom. The molecule has 18 heavy (non-hydrogen) atoms. The number of thiazole rings is 1. The Morgan fingerprint density at radius 1 is 1.44 bits per heavy atom. The molecule has 0 bridgehead atoms. The van der Waals surface area contributed by atoms with Gasteiger partial charge in [0.15, 0.2) is 0 Å². The second-order valence-electron chi connectivity index (χ2n) is 4.56. The second kappa shape index (κ2) is 6.64. The van der Waals surface area contributed by atoms with Gasteiger partial charge in [0.25, 0.3) is 0 Å². The van der Waals surface area contributed by atoms with Gasteiger partial charge < -0.3 is 0 Å². The molecule has 2 aromatic rings. The van der Waals surface area contributed by atoms with Gasteiger partial charge in [0.1, 0.15) is 0 Å². The molecule has 1 heterocycles. The van der Waals surface area contributed by atoms with Crippen LogP contribution < -0.4 is 11.3 Å². The van der Waals surface area contributed by atoms with Crippen LogP contribution in [0.15, 0.2) is 36.0 Å². The van der Waals surface area contributed by atoms with E-state index in [1.54, 1.807) is 11.3 Å². The summed E-state index contributed by atoms with van der Waals surface area (Å²) in [6.45, 7) is 2.12. The van der Waals surface area contributed by atoms with Crippen molar-refractivity contribution in [1.82, 2.24) is 10.4 Å². The van der Waals surface area contributed by atoms with Gasteiger partial charge in [0, 0.05) is 23.5 Å². The van der Waals surface area contributed by atoms with Gasteiger partial charge in [-0.3, -0.25) is 16.3 Å². The van der Waals surface area contributed by atoms with Crippen LogP contribution in [-0.2, 0) is 12.8 Å². The number of hydrazine groups is 1. The molecule has 0 saturated heterocycles. The lowest BCUT2D eigenvalue weighted by atomic mass is 10.0. The normalized spacial score (nSPS) is 12.6. The first-order valence-electron chi connectivity index (χ1n) is 6.17. The third-order valence-electron chi connectivity index (χ3n) is 3.03. The maximum atomic E-state index is 5.62. The number of benzene rings is 1. The maximum Gasteiger partial charge on any atom is 0.0794 e. The highest BCUT2D eigenvalue weighted by Gasteiger charge is 2.09. The Hall–Kier alpha value is -1.23. The Kier molecular flexibility index (Phi) is 4.87. The van der Waals surface area contributed by atoms with E-state index in [-0.39, 0.29) is 0 Å². The lowest BCUT2D eigenvalue weighted by Crippen LogP contribution is -2.37. The molecule has 96 valence electrons. The number of aryl methyl sites for hydroxylation is 2. The van der Waals surface area contributed by atoms with Crippen LogP contribution in [0, 0.1) is 6.92 Å². The van der Waals surface area contributed by atoms with E-state index in [2.05, 4.69) is 41.6 Å². The van der Waals surface area contributed by atoms with Crippen molar-refractivity contribution in [2.75, 3.05) is 0 Å². The first kappa shape index (κ1) is 13.2. The minimum absolute atomic E-state index is 0.311. The molecule has 1 aromatic heterocycles. The van der Waals surface area contributed by atoms with Crippen molar-refractivity contribution in [3.8, 4) is 0 Å². The van der Waals surface area contributed by atoms with E-state index < -0.39 is 0 Å². The fourth-order valence-corrected chi connectivity index (χ4v) is 2.71. The van der Waals surface area contributed by atoms with Crippen molar-refractivity contribution >= 4 is 11.3 Å². The molecule has 0 spiro atoms. The summed E-state index contributed by atoms with van der Waals surface area (Å²) in [4.78, 5) is 5.37. The smallest absolute Gasteiger partial charge is 0.0794 e. The van der Waals surface area contributed by atoms with Crippen LogP contribution in [0.25, 0.3) is 0 Å². The lowest BCUT2D eigenvalue weighted by Gasteiger charge is -2.14. The fourth-order valence-electron chi connectivity index (χ4n) is 2.04. The molecular formula is C14H19N3S. The number of hydrogen-bond acceptors (Lipinski definition) is 4. The monoisotopic (exact) mass is 261 g/mol. The van der Waals surface area contributed by atoms with Crippen molar-refractivity contribution in [3.05, 3.63) is 52.0 Å². The molecule has 2 rings (SSSR count). The molecule has 0 fully saturated rings. The molecule has 0 radical (unpaired) electrons. The van der Waals surface area contributed by atoms with Crippen LogP contribution in [-0.4, -0.2) is 11.0 Å². The maximum absolute atomic E-state index is 5.62. The van der Waals surface area contributed by atoms with Gasteiger partial charge in [-0.2, -0.15) is 0 Å². The van der Waals surface area contributed by atoms with Gasteiger partial charge in [-0.1, -0.05) is 29.8 Å². The number of aromatic nitrogens is 1. The van der Waals surface area contributed by atoms with Crippen molar-refractivity contribution in [2.45, 2.75) is 32.2 Å². The molecule has 0 aliphatic heterocycles. The van der Waals surface area contributed by atoms with Gasteiger partial charge in [0.2, 0.25) is 0 Å². The van der Waals surface area contributed by atoms with Gasteiger partial charge in [-0.05, 0) is 25.3 Å². The lowest BCUT2D eigenvalue weighted by molar-refractivity contribution is 0.494. The van der Waals surface area contributed by atoms with Crippen LogP contribution >= 0.6 is 11.3 Å². The molecule has 1 unspecified atom stereocenters. The number of nitrogens with zero attached hydrogens (tertiary/aromatic N) is 1. The van der Waals surface area contributed by atoms with Crippen LogP contribution in [0.4, 0.5) is 0 Å². The third-order valence-corrected chi connectivity index (χ3v) is 3.83. The Bertz CT molecular complexity index is 468. The average Bonchev–Trinajstić information content (AvgIpc) is 2.87. The largest absolute Gasteiger partial charge is 0.271 e. The highest BCUT2D eigenvalue weighted by atomic mass is 32.1. The van der Waals surface area contributed by atoms with E-state index in [1.807, 2.05) is 11.7 Å². The molecule has 4 heteroatoms. The summed E-state index contributed by atoms with van der Waals surface area (Å²) in [6, 6.07) is 8.96. The first-order valence-corrected chi connectivity index (χ1v) is 7.05. The number of nitrogens with two attached hydrogens (primary N) is 1. The summed E-state index contributed by atoms with van der Waals surface area (Å²) in [5, 5.41) is 0. The summed E-state index contributed by atoms with van der Waals surface area (Å²) in [7, 11) is 0. The molecule has 0 saturated carbocycles. The highest BCUT2D eigenvalue weighted by Crippen LogP contribution is 2.13. The molecule has 3 nitrogen and oxygen atoms in total. The van der Waals surface area contributed by atoms with Crippen LogP contribution in [0.5, 0.6) is 0 Å².